The maximum atomic E-state index is 14.8. The third-order valence-electron chi connectivity index (χ3n) is 11.2. The first kappa shape index (κ1) is 41.9. The van der Waals surface area contributed by atoms with Crippen LogP contribution in [0.15, 0.2) is 48.1 Å². The van der Waals surface area contributed by atoms with E-state index in [9.17, 15) is 28.3 Å². The molecule has 15 heteroatoms. The first-order chi connectivity index (χ1) is 25.8. The molecule has 0 saturated carbocycles. The van der Waals surface area contributed by atoms with Crippen LogP contribution in [0.1, 0.15) is 70.9 Å². The number of nitrogens with one attached hydrogen (secondary N) is 1. The van der Waals surface area contributed by atoms with Crippen LogP contribution < -0.4 is 20.7 Å². The Morgan fingerprint density at radius 3 is 2.56 bits per heavy atom. The zero-order valence-electron chi connectivity index (χ0n) is 32.3. The molecule has 2 amide bonds. The predicted octanol–water partition coefficient (Wildman–Crippen LogP) is 6.36. The highest BCUT2D eigenvalue weighted by atomic mass is 35.5. The smallest absolute Gasteiger partial charge is 0.409 e. The standard InChI is InChI=1S/C40H50ClF2N3O9/c1-20-10-9-11-32(52-8)40(50)19-31(53-38(49)45-40)23(4)37-39(5,55-37)33(18-34(47)46(6)29-14-24(12-20)15-30(51-7)36(29)41)54-35(48)13-21(2)22(3)25-16-27(43)28(44)17-26(25)42/h9-11,14-17,21-23,31-33,37,50H,12-13,18-19,44H2,1-8H3,(H,45,49)/b11-9+,20-10+/t21?,22?,23-,31+,32-,33+,37+,39+,40+/m1/s1. The number of epoxide rings is 1. The summed E-state index contributed by atoms with van der Waals surface area (Å²) in [4.78, 5) is 42.0. The summed E-state index contributed by atoms with van der Waals surface area (Å²) in [6.07, 6.45) is 0.507. The molecule has 4 N–H and O–H groups in total. The number of alkyl carbamates (subject to hydrolysis) is 1. The molecule has 2 saturated heterocycles. The molecule has 0 aliphatic carbocycles. The van der Waals surface area contributed by atoms with Crippen LogP contribution in [0, 0.1) is 23.5 Å². The fourth-order valence-electron chi connectivity index (χ4n) is 7.48. The minimum absolute atomic E-state index is 0.0602. The summed E-state index contributed by atoms with van der Waals surface area (Å²) < 4.78 is 58.2. The lowest BCUT2D eigenvalue weighted by Crippen LogP contribution is -2.63. The number of anilines is 2. The van der Waals surface area contributed by atoms with E-state index >= 15 is 0 Å². The van der Waals surface area contributed by atoms with Gasteiger partial charge in [0.15, 0.2) is 5.72 Å². The number of amides is 2. The largest absolute Gasteiger partial charge is 0.495 e. The van der Waals surface area contributed by atoms with E-state index in [4.69, 9.17) is 41.0 Å². The normalized spacial score (nSPS) is 31.2. The number of esters is 1. The molecule has 9 atom stereocenters. The number of aliphatic hydroxyl groups is 1. The van der Waals surface area contributed by atoms with E-state index in [1.54, 1.807) is 59.0 Å². The molecule has 55 heavy (non-hydrogen) atoms. The fraction of sp³-hybridized carbons (Fsp3) is 0.525. The van der Waals surface area contributed by atoms with Crippen LogP contribution in [0.25, 0.3) is 0 Å². The number of hydrogen-bond acceptors (Lipinski definition) is 10. The van der Waals surface area contributed by atoms with Crippen LogP contribution in [0.2, 0.25) is 5.02 Å². The number of nitrogen functional groups attached to an aromatic ring is 1. The van der Waals surface area contributed by atoms with E-state index in [0.717, 1.165) is 23.3 Å². The summed E-state index contributed by atoms with van der Waals surface area (Å²) in [6.45, 7) is 8.76. The van der Waals surface area contributed by atoms with Gasteiger partial charge in [-0.25, -0.2) is 13.6 Å². The summed E-state index contributed by atoms with van der Waals surface area (Å²) in [5, 5.41) is 14.4. The molecule has 2 fully saturated rings. The summed E-state index contributed by atoms with van der Waals surface area (Å²) in [6, 6.07) is 5.48. The SMILES string of the molecule is COc1cc2cc(c1Cl)N(C)C(=O)C[C@H](OC(=O)CC(C)C(C)c1cc(F)c(N)cc1F)[C@]1(C)O[C@H]1[C@H](C)[C@@H]1C[C@@](O)(NC(=O)O1)[C@H](OC)/C=C/C=C(\C)C2. The van der Waals surface area contributed by atoms with Gasteiger partial charge in [-0.05, 0) is 61.4 Å². The van der Waals surface area contributed by atoms with Crippen LogP contribution >= 0.6 is 11.6 Å². The minimum atomic E-state index is -1.85. The number of benzene rings is 2. The number of ether oxygens (including phenoxy) is 5. The molecule has 300 valence electrons. The van der Waals surface area contributed by atoms with Gasteiger partial charge in [0.05, 0.1) is 31.0 Å². The molecular formula is C40H50ClF2N3O9. The Morgan fingerprint density at radius 2 is 1.89 bits per heavy atom. The quantitative estimate of drug-likeness (QED) is 0.164. The lowest BCUT2D eigenvalue weighted by atomic mass is 9.83. The third-order valence-corrected chi connectivity index (χ3v) is 11.6. The average Bonchev–Trinajstić information content (AvgIpc) is 3.82. The Balaban J connectivity index is 1.50. The summed E-state index contributed by atoms with van der Waals surface area (Å²) >= 11 is 6.75. The van der Waals surface area contributed by atoms with Crippen molar-refractivity contribution in [3.63, 3.8) is 0 Å². The van der Waals surface area contributed by atoms with Gasteiger partial charge >= 0.3 is 12.1 Å². The molecule has 2 unspecified atom stereocenters. The first-order valence-electron chi connectivity index (χ1n) is 18.1. The number of nitrogens with two attached hydrogens (primary N) is 1. The van der Waals surface area contributed by atoms with Gasteiger partial charge in [0, 0.05) is 39.0 Å². The van der Waals surface area contributed by atoms with E-state index in [2.05, 4.69) is 5.32 Å². The van der Waals surface area contributed by atoms with Gasteiger partial charge in [-0.3, -0.25) is 14.9 Å². The number of nitrogens with zero attached hydrogens (tertiary/aromatic N) is 1. The summed E-state index contributed by atoms with van der Waals surface area (Å²) in [5.41, 5.74) is 4.24. The van der Waals surface area contributed by atoms with Gasteiger partial charge in [0.1, 0.15) is 46.3 Å². The third kappa shape index (κ3) is 8.93. The van der Waals surface area contributed by atoms with Crippen LogP contribution in [-0.4, -0.2) is 80.1 Å². The van der Waals surface area contributed by atoms with Crippen LogP contribution in [0.3, 0.4) is 0 Å². The Kier molecular flexibility index (Phi) is 12.5. The molecule has 0 radical (unpaired) electrons. The molecule has 4 bridgehead atoms. The Morgan fingerprint density at radius 1 is 1.18 bits per heavy atom. The van der Waals surface area contributed by atoms with Crippen molar-refractivity contribution in [2.75, 3.05) is 31.9 Å². The van der Waals surface area contributed by atoms with E-state index in [0.29, 0.717) is 17.9 Å². The van der Waals surface area contributed by atoms with Gasteiger partial charge in [-0.1, -0.05) is 56.2 Å². The zero-order chi connectivity index (χ0) is 40.6. The number of fused-ring (bicyclic) bond motifs is 5. The highest BCUT2D eigenvalue weighted by Gasteiger charge is 2.64. The number of allylic oxidation sites excluding steroid dienone is 3. The number of rotatable bonds is 7. The molecule has 0 spiro atoms. The van der Waals surface area contributed by atoms with E-state index in [1.165, 1.54) is 19.1 Å². The molecule has 2 aromatic rings. The molecule has 0 aromatic heterocycles. The van der Waals surface area contributed by atoms with Crippen molar-refractivity contribution in [2.45, 2.75) is 102 Å². The lowest BCUT2D eigenvalue weighted by Gasteiger charge is -2.42. The van der Waals surface area contributed by atoms with Crippen LogP contribution in [0.4, 0.5) is 25.0 Å². The topological polar surface area (TPSA) is 162 Å². The maximum Gasteiger partial charge on any atom is 0.409 e. The van der Waals surface area contributed by atoms with Crippen molar-refractivity contribution >= 4 is 40.9 Å². The molecule has 3 aliphatic heterocycles. The van der Waals surface area contributed by atoms with Gasteiger partial charge in [0.2, 0.25) is 5.91 Å². The molecule has 2 aromatic carbocycles. The van der Waals surface area contributed by atoms with Crippen molar-refractivity contribution in [2.24, 2.45) is 11.8 Å². The van der Waals surface area contributed by atoms with Crippen LogP contribution in [0.5, 0.6) is 5.75 Å². The zero-order valence-corrected chi connectivity index (χ0v) is 33.0. The number of methoxy groups -OCH3 is 2. The van der Waals surface area contributed by atoms with Crippen molar-refractivity contribution < 1.29 is 52.0 Å². The second-order valence-corrected chi connectivity index (χ2v) is 15.5. The minimum Gasteiger partial charge on any atom is -0.495 e. The van der Waals surface area contributed by atoms with Crippen molar-refractivity contribution in [1.82, 2.24) is 5.32 Å². The van der Waals surface area contributed by atoms with Crippen molar-refractivity contribution in [3.8, 4) is 5.75 Å². The average molecular weight is 790 g/mol. The first-order valence-corrected chi connectivity index (χ1v) is 18.5. The highest BCUT2D eigenvalue weighted by molar-refractivity contribution is 6.35. The van der Waals surface area contributed by atoms with Gasteiger partial charge < -0.3 is 39.4 Å². The monoisotopic (exact) mass is 789 g/mol. The molecule has 3 heterocycles. The maximum absolute atomic E-state index is 14.8. The van der Waals surface area contributed by atoms with E-state index in [-0.39, 0.29) is 35.5 Å². The van der Waals surface area contributed by atoms with Crippen LogP contribution in [-0.2, 0) is 35.0 Å². The number of carbonyl (C=O) groups excluding carboxylic acids is 3. The summed E-state index contributed by atoms with van der Waals surface area (Å²) in [5.74, 6) is -3.94. The highest BCUT2D eigenvalue weighted by Crippen LogP contribution is 2.49. The van der Waals surface area contributed by atoms with Crippen molar-refractivity contribution in [3.05, 3.63) is 75.9 Å². The van der Waals surface area contributed by atoms with E-state index in [1.807, 2.05) is 13.0 Å². The Labute approximate surface area is 324 Å². The molecular weight excluding hydrogens is 740 g/mol. The Hall–Kier alpha value is -4.24. The van der Waals surface area contributed by atoms with E-state index < -0.39 is 83.1 Å². The Bertz CT molecular complexity index is 1880. The second-order valence-electron chi connectivity index (χ2n) is 15.1. The molecule has 3 aliphatic rings. The number of carbonyl (C=O) groups is 3. The predicted molar refractivity (Wildman–Crippen MR) is 202 cm³/mol. The lowest BCUT2D eigenvalue weighted by molar-refractivity contribution is -0.155. The van der Waals surface area contributed by atoms with Gasteiger partial charge in [-0.15, -0.1) is 0 Å². The van der Waals surface area contributed by atoms with Crippen molar-refractivity contribution in [1.29, 1.82) is 0 Å². The molecule has 5 rings (SSSR count). The summed E-state index contributed by atoms with van der Waals surface area (Å²) in [7, 11) is 4.44. The van der Waals surface area contributed by atoms with Gasteiger partial charge in [0.25, 0.3) is 0 Å². The fourth-order valence-corrected chi connectivity index (χ4v) is 7.80. The number of halogens is 3. The molecule has 12 nitrogen and oxygen atoms in total. The van der Waals surface area contributed by atoms with Gasteiger partial charge in [-0.2, -0.15) is 0 Å². The number of hydrogen-bond donors (Lipinski definition) is 3. The second kappa shape index (κ2) is 16.5.